The van der Waals surface area contributed by atoms with Crippen LogP contribution in [-0.4, -0.2) is 20.2 Å². The number of methoxy groups -OCH3 is 1. The van der Waals surface area contributed by atoms with Gasteiger partial charge in [0.15, 0.2) is 0 Å². The second-order valence-electron chi connectivity index (χ2n) is 5.76. The Morgan fingerprint density at radius 2 is 2.06 bits per heavy atom. The summed E-state index contributed by atoms with van der Waals surface area (Å²) in [5, 5.41) is 3.53. The van der Waals surface area contributed by atoms with Crippen LogP contribution in [0.1, 0.15) is 38.2 Å². The number of nitrogens with one attached hydrogen (secondary N) is 1. The molecule has 1 unspecified atom stereocenters. The maximum absolute atomic E-state index is 5.30. The van der Waals surface area contributed by atoms with E-state index in [0.29, 0.717) is 11.5 Å². The molecule has 0 aromatic heterocycles. The van der Waals surface area contributed by atoms with E-state index in [-0.39, 0.29) is 0 Å². The Balaban J connectivity index is 2.09. The molecule has 1 fully saturated rings. The van der Waals surface area contributed by atoms with Gasteiger partial charge >= 0.3 is 0 Å². The van der Waals surface area contributed by atoms with Gasteiger partial charge in [0, 0.05) is 6.04 Å². The Bertz CT molecular complexity index is 382. The van der Waals surface area contributed by atoms with Gasteiger partial charge in [-0.3, -0.25) is 0 Å². The van der Waals surface area contributed by atoms with Gasteiger partial charge in [0.1, 0.15) is 5.75 Å². The summed E-state index contributed by atoms with van der Waals surface area (Å²) in [4.78, 5) is 0. The molecule has 0 spiro atoms. The molecule has 100 valence electrons. The van der Waals surface area contributed by atoms with E-state index in [2.05, 4.69) is 37.5 Å². The number of hydrogen-bond acceptors (Lipinski definition) is 2. The molecule has 0 radical (unpaired) electrons. The Hall–Kier alpha value is -1.02. The van der Waals surface area contributed by atoms with Crippen molar-refractivity contribution in [1.82, 2.24) is 5.32 Å². The second kappa shape index (κ2) is 5.75. The fraction of sp³-hybridized carbons (Fsp3) is 0.625. The Kier molecular flexibility index (Phi) is 4.28. The largest absolute Gasteiger partial charge is 0.497 e. The van der Waals surface area contributed by atoms with Crippen LogP contribution in [0, 0.1) is 5.41 Å². The van der Waals surface area contributed by atoms with E-state index in [0.717, 1.165) is 12.2 Å². The topological polar surface area (TPSA) is 21.3 Å². The van der Waals surface area contributed by atoms with Crippen LogP contribution in [0.15, 0.2) is 24.3 Å². The van der Waals surface area contributed by atoms with Gasteiger partial charge in [0.25, 0.3) is 0 Å². The fourth-order valence-electron chi connectivity index (χ4n) is 3.26. The molecule has 1 aliphatic rings. The maximum atomic E-state index is 5.30. The summed E-state index contributed by atoms with van der Waals surface area (Å²) in [7, 11) is 3.82. The SMILES string of the molecule is CNC(Cc1cccc(OC)c1)C1(C)CCCC1. The normalized spacial score (nSPS) is 19.7. The molecule has 1 aromatic rings. The molecular weight excluding hydrogens is 222 g/mol. The van der Waals surface area contributed by atoms with Crippen molar-refractivity contribution in [3.05, 3.63) is 29.8 Å². The molecule has 0 amide bonds. The van der Waals surface area contributed by atoms with Crippen LogP contribution in [0.4, 0.5) is 0 Å². The third kappa shape index (κ3) is 2.86. The third-order valence-corrected chi connectivity index (χ3v) is 4.51. The van der Waals surface area contributed by atoms with Crippen molar-refractivity contribution >= 4 is 0 Å². The fourth-order valence-corrected chi connectivity index (χ4v) is 3.26. The Labute approximate surface area is 111 Å². The van der Waals surface area contributed by atoms with Gasteiger partial charge in [-0.05, 0) is 49.4 Å². The Morgan fingerprint density at radius 3 is 2.67 bits per heavy atom. The van der Waals surface area contributed by atoms with E-state index in [4.69, 9.17) is 4.74 Å². The van der Waals surface area contributed by atoms with Crippen molar-refractivity contribution in [2.45, 2.75) is 45.1 Å². The highest BCUT2D eigenvalue weighted by Gasteiger charge is 2.35. The number of rotatable bonds is 5. The zero-order valence-corrected chi connectivity index (χ0v) is 11.8. The number of likely N-dealkylation sites (N-methyl/N-ethyl adjacent to an activating group) is 1. The lowest BCUT2D eigenvalue weighted by Gasteiger charge is -2.34. The molecule has 1 N–H and O–H groups in total. The summed E-state index contributed by atoms with van der Waals surface area (Å²) in [6.45, 7) is 2.43. The van der Waals surface area contributed by atoms with Gasteiger partial charge in [-0.15, -0.1) is 0 Å². The lowest BCUT2D eigenvalue weighted by atomic mass is 9.78. The Morgan fingerprint density at radius 1 is 1.33 bits per heavy atom. The molecule has 2 nitrogen and oxygen atoms in total. The van der Waals surface area contributed by atoms with Crippen LogP contribution in [0.5, 0.6) is 5.75 Å². The number of ether oxygens (including phenoxy) is 1. The summed E-state index contributed by atoms with van der Waals surface area (Å²) in [5.41, 5.74) is 1.82. The summed E-state index contributed by atoms with van der Waals surface area (Å²) < 4.78 is 5.30. The van der Waals surface area contributed by atoms with Crippen molar-refractivity contribution in [2.24, 2.45) is 5.41 Å². The van der Waals surface area contributed by atoms with E-state index in [9.17, 15) is 0 Å². The van der Waals surface area contributed by atoms with Gasteiger partial charge in [-0.1, -0.05) is 31.9 Å². The van der Waals surface area contributed by atoms with Gasteiger partial charge in [0.2, 0.25) is 0 Å². The van der Waals surface area contributed by atoms with E-state index >= 15 is 0 Å². The zero-order chi connectivity index (χ0) is 13.0. The van der Waals surface area contributed by atoms with E-state index < -0.39 is 0 Å². The molecule has 1 aromatic carbocycles. The minimum absolute atomic E-state index is 0.456. The zero-order valence-electron chi connectivity index (χ0n) is 11.8. The van der Waals surface area contributed by atoms with Gasteiger partial charge in [0.05, 0.1) is 7.11 Å². The predicted molar refractivity (Wildman–Crippen MR) is 76.1 cm³/mol. The van der Waals surface area contributed by atoms with Gasteiger partial charge in [-0.25, -0.2) is 0 Å². The molecule has 0 saturated heterocycles. The summed E-state index contributed by atoms with van der Waals surface area (Å²) >= 11 is 0. The quantitative estimate of drug-likeness (QED) is 0.861. The second-order valence-corrected chi connectivity index (χ2v) is 5.76. The van der Waals surface area contributed by atoms with Crippen LogP contribution in [0.25, 0.3) is 0 Å². The predicted octanol–water partition coefficient (Wildman–Crippen LogP) is 3.41. The molecule has 0 aliphatic heterocycles. The molecule has 1 saturated carbocycles. The lowest BCUT2D eigenvalue weighted by molar-refractivity contribution is 0.229. The number of benzene rings is 1. The summed E-state index contributed by atoms with van der Waals surface area (Å²) in [5.74, 6) is 0.957. The van der Waals surface area contributed by atoms with Crippen molar-refractivity contribution in [1.29, 1.82) is 0 Å². The minimum Gasteiger partial charge on any atom is -0.497 e. The van der Waals surface area contributed by atoms with Crippen molar-refractivity contribution in [3.8, 4) is 5.75 Å². The highest BCUT2D eigenvalue weighted by Crippen LogP contribution is 2.41. The minimum atomic E-state index is 0.456. The molecule has 0 heterocycles. The number of hydrogen-bond donors (Lipinski definition) is 1. The average Bonchev–Trinajstić information content (AvgIpc) is 2.84. The first kappa shape index (κ1) is 13.4. The van der Waals surface area contributed by atoms with Crippen LogP contribution < -0.4 is 10.1 Å². The molecule has 18 heavy (non-hydrogen) atoms. The van der Waals surface area contributed by atoms with E-state index in [1.807, 2.05) is 6.07 Å². The first-order chi connectivity index (χ1) is 8.68. The van der Waals surface area contributed by atoms with Gasteiger partial charge in [-0.2, -0.15) is 0 Å². The standard InChI is InChI=1S/C16H25NO/c1-16(9-4-5-10-16)15(17-2)12-13-7-6-8-14(11-13)18-3/h6-8,11,15,17H,4-5,9-10,12H2,1-3H3. The third-order valence-electron chi connectivity index (χ3n) is 4.51. The average molecular weight is 247 g/mol. The monoisotopic (exact) mass is 247 g/mol. The molecule has 2 rings (SSSR count). The van der Waals surface area contributed by atoms with E-state index in [1.54, 1.807) is 7.11 Å². The lowest BCUT2D eigenvalue weighted by Crippen LogP contribution is -2.41. The van der Waals surface area contributed by atoms with Crippen molar-refractivity contribution in [2.75, 3.05) is 14.2 Å². The molecule has 1 aliphatic carbocycles. The van der Waals surface area contributed by atoms with E-state index in [1.165, 1.54) is 31.2 Å². The van der Waals surface area contributed by atoms with Crippen LogP contribution in [0.3, 0.4) is 0 Å². The summed E-state index contributed by atoms with van der Waals surface area (Å²) in [6.07, 6.45) is 6.55. The molecule has 0 bridgehead atoms. The molecular formula is C16H25NO. The molecule has 2 heteroatoms. The van der Waals surface area contributed by atoms with Crippen LogP contribution in [-0.2, 0) is 6.42 Å². The first-order valence-corrected chi connectivity index (χ1v) is 6.98. The summed E-state index contributed by atoms with van der Waals surface area (Å²) in [6, 6.07) is 9.01. The van der Waals surface area contributed by atoms with Crippen molar-refractivity contribution in [3.63, 3.8) is 0 Å². The highest BCUT2D eigenvalue weighted by atomic mass is 16.5. The van der Waals surface area contributed by atoms with Crippen LogP contribution in [0.2, 0.25) is 0 Å². The highest BCUT2D eigenvalue weighted by molar-refractivity contribution is 5.29. The maximum Gasteiger partial charge on any atom is 0.119 e. The van der Waals surface area contributed by atoms with Crippen LogP contribution >= 0.6 is 0 Å². The van der Waals surface area contributed by atoms with Crippen molar-refractivity contribution < 1.29 is 4.74 Å². The first-order valence-electron chi connectivity index (χ1n) is 6.98. The smallest absolute Gasteiger partial charge is 0.119 e. The molecule has 1 atom stereocenters. The van der Waals surface area contributed by atoms with Gasteiger partial charge < -0.3 is 10.1 Å².